The molecule has 0 aliphatic carbocycles. The Kier molecular flexibility index (Phi) is 6.17. The van der Waals surface area contributed by atoms with Crippen LogP contribution < -0.4 is 10.0 Å². The maximum Gasteiger partial charge on any atom is 0.235 e. The second-order valence-corrected chi connectivity index (χ2v) is 6.92. The number of benzene rings is 1. The molecule has 0 radical (unpaired) electrons. The summed E-state index contributed by atoms with van der Waals surface area (Å²) in [6.07, 6.45) is -0.382. The first kappa shape index (κ1) is 17.5. The molecule has 0 aliphatic rings. The number of carbonyl (C=O) groups is 1. The maximum absolute atomic E-state index is 11.9. The predicted molar refractivity (Wildman–Crippen MR) is 83.8 cm³/mol. The molecule has 0 fully saturated rings. The number of methoxy groups -OCH3 is 1. The van der Waals surface area contributed by atoms with Crippen molar-refractivity contribution in [1.29, 1.82) is 0 Å². The standard InChI is InChI=1S/C14H22N2O4S/c1-10(2)14(17)15-12-5-7-13(8-6-12)16-21(18,19)9-11(3)20-4/h5-8,10-11,16H,9H2,1-4H3,(H,15,17). The summed E-state index contributed by atoms with van der Waals surface area (Å²) in [5.74, 6) is -0.314. The summed E-state index contributed by atoms with van der Waals surface area (Å²) in [5, 5.41) is 2.74. The van der Waals surface area contributed by atoms with Crippen molar-refractivity contribution in [2.75, 3.05) is 22.9 Å². The molecule has 0 bridgehead atoms. The van der Waals surface area contributed by atoms with Crippen molar-refractivity contribution < 1.29 is 17.9 Å². The smallest absolute Gasteiger partial charge is 0.235 e. The predicted octanol–water partition coefficient (Wildman–Crippen LogP) is 2.06. The molecule has 1 aromatic rings. The summed E-state index contributed by atoms with van der Waals surface area (Å²) in [6, 6.07) is 6.51. The number of hydrogen-bond acceptors (Lipinski definition) is 4. The van der Waals surface area contributed by atoms with Crippen LogP contribution in [0.15, 0.2) is 24.3 Å². The molecule has 0 heterocycles. The molecule has 1 atom stereocenters. The van der Waals surface area contributed by atoms with Crippen LogP contribution in [0.4, 0.5) is 11.4 Å². The molecule has 1 rings (SSSR count). The Bertz CT molecular complexity index is 567. The van der Waals surface area contributed by atoms with E-state index in [0.29, 0.717) is 11.4 Å². The highest BCUT2D eigenvalue weighted by molar-refractivity contribution is 7.92. The van der Waals surface area contributed by atoms with Crippen molar-refractivity contribution in [3.05, 3.63) is 24.3 Å². The molecule has 1 amide bonds. The summed E-state index contributed by atoms with van der Waals surface area (Å²) in [6.45, 7) is 5.29. The van der Waals surface area contributed by atoms with Gasteiger partial charge in [-0.25, -0.2) is 8.42 Å². The molecular weight excluding hydrogens is 292 g/mol. The number of sulfonamides is 1. The molecule has 0 saturated heterocycles. The first-order valence-corrected chi connectivity index (χ1v) is 8.33. The van der Waals surface area contributed by atoms with Crippen LogP contribution in [0.1, 0.15) is 20.8 Å². The van der Waals surface area contributed by atoms with E-state index < -0.39 is 10.0 Å². The fourth-order valence-corrected chi connectivity index (χ4v) is 2.84. The number of hydrogen-bond donors (Lipinski definition) is 2. The molecule has 0 aromatic heterocycles. The second kappa shape index (κ2) is 7.42. The van der Waals surface area contributed by atoms with Gasteiger partial charge in [-0.1, -0.05) is 13.8 Å². The summed E-state index contributed by atoms with van der Waals surface area (Å²) in [4.78, 5) is 11.5. The topological polar surface area (TPSA) is 84.5 Å². The number of anilines is 2. The molecule has 0 saturated carbocycles. The van der Waals surface area contributed by atoms with Crippen molar-refractivity contribution in [3.63, 3.8) is 0 Å². The third kappa shape index (κ3) is 6.14. The second-order valence-electron chi connectivity index (χ2n) is 5.15. The van der Waals surface area contributed by atoms with Gasteiger partial charge in [-0.3, -0.25) is 9.52 Å². The average molecular weight is 314 g/mol. The lowest BCUT2D eigenvalue weighted by Gasteiger charge is -2.13. The first-order valence-electron chi connectivity index (χ1n) is 6.67. The van der Waals surface area contributed by atoms with E-state index in [2.05, 4.69) is 10.0 Å². The van der Waals surface area contributed by atoms with Crippen LogP contribution in [-0.4, -0.2) is 33.3 Å². The number of nitrogens with one attached hydrogen (secondary N) is 2. The summed E-state index contributed by atoms with van der Waals surface area (Å²) in [5.41, 5.74) is 1.07. The molecule has 2 N–H and O–H groups in total. The Hall–Kier alpha value is -1.60. The highest BCUT2D eigenvalue weighted by Gasteiger charge is 2.15. The van der Waals surface area contributed by atoms with Gasteiger partial charge in [-0.2, -0.15) is 0 Å². The minimum Gasteiger partial charge on any atom is -0.381 e. The van der Waals surface area contributed by atoms with Gasteiger partial charge in [0.05, 0.1) is 11.9 Å². The van der Waals surface area contributed by atoms with Crippen LogP contribution >= 0.6 is 0 Å². The van der Waals surface area contributed by atoms with Gasteiger partial charge in [0.2, 0.25) is 15.9 Å². The van der Waals surface area contributed by atoms with Crippen molar-refractivity contribution in [2.24, 2.45) is 5.92 Å². The normalized spacial score (nSPS) is 13.0. The highest BCUT2D eigenvalue weighted by atomic mass is 32.2. The quantitative estimate of drug-likeness (QED) is 0.807. The van der Waals surface area contributed by atoms with Crippen molar-refractivity contribution in [1.82, 2.24) is 0 Å². The zero-order valence-corrected chi connectivity index (χ0v) is 13.5. The molecule has 7 heteroatoms. The lowest BCUT2D eigenvalue weighted by atomic mass is 10.2. The number of rotatable bonds is 7. The van der Waals surface area contributed by atoms with Gasteiger partial charge < -0.3 is 10.1 Å². The summed E-state index contributed by atoms with van der Waals surface area (Å²) in [7, 11) is -1.99. The molecule has 0 aliphatic heterocycles. The zero-order valence-electron chi connectivity index (χ0n) is 12.7. The van der Waals surface area contributed by atoms with E-state index in [1.54, 1.807) is 45.0 Å². The third-order valence-electron chi connectivity index (χ3n) is 2.81. The van der Waals surface area contributed by atoms with Gasteiger partial charge in [-0.05, 0) is 31.2 Å². The van der Waals surface area contributed by atoms with Gasteiger partial charge in [-0.15, -0.1) is 0 Å². The van der Waals surface area contributed by atoms with Gasteiger partial charge in [0.1, 0.15) is 0 Å². The Morgan fingerprint density at radius 3 is 2.14 bits per heavy atom. The van der Waals surface area contributed by atoms with Gasteiger partial charge >= 0.3 is 0 Å². The van der Waals surface area contributed by atoms with Crippen LogP contribution in [0.25, 0.3) is 0 Å². The van der Waals surface area contributed by atoms with Gasteiger partial charge in [0, 0.05) is 24.4 Å². The van der Waals surface area contributed by atoms with E-state index >= 15 is 0 Å². The van der Waals surface area contributed by atoms with Crippen molar-refractivity contribution >= 4 is 27.3 Å². The molecule has 118 valence electrons. The monoisotopic (exact) mass is 314 g/mol. The SMILES string of the molecule is COC(C)CS(=O)(=O)Nc1ccc(NC(=O)C(C)C)cc1. The van der Waals surface area contributed by atoms with E-state index in [1.807, 2.05) is 0 Å². The molecule has 0 spiro atoms. The number of ether oxygens (including phenoxy) is 1. The third-order valence-corrected chi connectivity index (χ3v) is 4.26. The summed E-state index contributed by atoms with van der Waals surface area (Å²) >= 11 is 0. The van der Waals surface area contributed by atoms with E-state index in [4.69, 9.17) is 4.74 Å². The van der Waals surface area contributed by atoms with Crippen LogP contribution in [-0.2, 0) is 19.6 Å². The number of carbonyl (C=O) groups excluding carboxylic acids is 1. The van der Waals surface area contributed by atoms with Gasteiger partial charge in [0.25, 0.3) is 0 Å². The van der Waals surface area contributed by atoms with Crippen LogP contribution in [0.3, 0.4) is 0 Å². The Balaban J connectivity index is 2.68. The van der Waals surface area contributed by atoms with Crippen molar-refractivity contribution in [3.8, 4) is 0 Å². The fourth-order valence-electron chi connectivity index (χ4n) is 1.51. The van der Waals surface area contributed by atoms with E-state index in [0.717, 1.165) is 0 Å². The summed E-state index contributed by atoms with van der Waals surface area (Å²) < 4.78 is 31.1. The van der Waals surface area contributed by atoms with Crippen LogP contribution in [0.2, 0.25) is 0 Å². The van der Waals surface area contributed by atoms with Crippen molar-refractivity contribution in [2.45, 2.75) is 26.9 Å². The molecular formula is C14H22N2O4S. The fraction of sp³-hybridized carbons (Fsp3) is 0.500. The first-order chi connectivity index (χ1) is 9.73. The molecule has 21 heavy (non-hydrogen) atoms. The minimum atomic E-state index is -3.46. The Morgan fingerprint density at radius 1 is 1.14 bits per heavy atom. The largest absolute Gasteiger partial charge is 0.381 e. The highest BCUT2D eigenvalue weighted by Crippen LogP contribution is 2.16. The van der Waals surface area contributed by atoms with Gasteiger partial charge in [0.15, 0.2) is 0 Å². The van der Waals surface area contributed by atoms with E-state index in [9.17, 15) is 13.2 Å². The Labute approximate surface area is 125 Å². The zero-order chi connectivity index (χ0) is 16.0. The lowest BCUT2D eigenvalue weighted by molar-refractivity contribution is -0.118. The molecule has 6 nitrogen and oxygen atoms in total. The maximum atomic E-state index is 11.9. The van der Waals surface area contributed by atoms with E-state index in [1.165, 1.54) is 7.11 Å². The molecule has 1 unspecified atom stereocenters. The van der Waals surface area contributed by atoms with E-state index in [-0.39, 0.29) is 23.7 Å². The molecule has 1 aromatic carbocycles. The minimum absolute atomic E-state index is 0.0859. The average Bonchev–Trinajstić information content (AvgIpc) is 2.39. The van der Waals surface area contributed by atoms with Crippen LogP contribution in [0.5, 0.6) is 0 Å². The lowest BCUT2D eigenvalue weighted by Crippen LogP contribution is -2.25. The Morgan fingerprint density at radius 2 is 1.67 bits per heavy atom. The van der Waals surface area contributed by atoms with Crippen LogP contribution in [0, 0.1) is 5.92 Å². The number of amides is 1.